The van der Waals surface area contributed by atoms with E-state index < -0.39 is 0 Å². The molecule has 0 N–H and O–H groups in total. The van der Waals surface area contributed by atoms with E-state index in [9.17, 15) is 4.79 Å². The van der Waals surface area contributed by atoms with Crippen molar-refractivity contribution in [1.29, 1.82) is 0 Å². The molecule has 0 saturated heterocycles. The predicted molar refractivity (Wildman–Crippen MR) is 91.2 cm³/mol. The zero-order valence-corrected chi connectivity index (χ0v) is 12.8. The van der Waals surface area contributed by atoms with Gasteiger partial charge in [0.15, 0.2) is 5.78 Å². The van der Waals surface area contributed by atoms with Gasteiger partial charge in [0.25, 0.3) is 0 Å². The van der Waals surface area contributed by atoms with E-state index in [0.29, 0.717) is 0 Å². The lowest BCUT2D eigenvalue weighted by atomic mass is 9.97. The van der Waals surface area contributed by atoms with Gasteiger partial charge in [-0.1, -0.05) is 72.8 Å². The summed E-state index contributed by atoms with van der Waals surface area (Å²) in [6, 6.07) is 23.7. The fourth-order valence-electron chi connectivity index (χ4n) is 2.49. The summed E-state index contributed by atoms with van der Waals surface area (Å²) in [4.78, 5) is 12.4. The van der Waals surface area contributed by atoms with Gasteiger partial charge in [0, 0.05) is 11.1 Å². The lowest BCUT2D eigenvalue weighted by Gasteiger charge is -2.07. The summed E-state index contributed by atoms with van der Waals surface area (Å²) < 4.78 is 0. The Labute approximate surface area is 131 Å². The Hall–Kier alpha value is -2.67. The van der Waals surface area contributed by atoms with Gasteiger partial charge in [0.1, 0.15) is 0 Å². The van der Waals surface area contributed by atoms with Gasteiger partial charge >= 0.3 is 0 Å². The van der Waals surface area contributed by atoms with Crippen LogP contribution in [0.2, 0.25) is 0 Å². The number of carbonyl (C=O) groups is 1. The smallest absolute Gasteiger partial charge is 0.193 e. The highest BCUT2D eigenvalue weighted by atomic mass is 16.1. The van der Waals surface area contributed by atoms with E-state index in [1.54, 1.807) is 0 Å². The zero-order chi connectivity index (χ0) is 15.5. The number of aryl methyl sites for hydroxylation is 2. The van der Waals surface area contributed by atoms with Gasteiger partial charge in [-0.2, -0.15) is 0 Å². The number of hydrogen-bond donors (Lipinski definition) is 0. The van der Waals surface area contributed by atoms with Crippen LogP contribution in [-0.2, 0) is 0 Å². The van der Waals surface area contributed by atoms with Crippen molar-refractivity contribution in [2.24, 2.45) is 0 Å². The Balaban J connectivity index is 1.89. The number of benzene rings is 3. The van der Waals surface area contributed by atoms with Crippen molar-refractivity contribution >= 4 is 5.78 Å². The van der Waals surface area contributed by atoms with Crippen LogP contribution in [0.4, 0.5) is 0 Å². The van der Waals surface area contributed by atoms with Crippen LogP contribution in [0.5, 0.6) is 0 Å². The Bertz CT molecular complexity index is 799. The lowest BCUT2D eigenvalue weighted by molar-refractivity contribution is 0.103. The molecule has 0 aliphatic heterocycles. The first-order valence-corrected chi connectivity index (χ1v) is 7.42. The average molecular weight is 286 g/mol. The van der Waals surface area contributed by atoms with E-state index in [2.05, 4.69) is 32.0 Å². The molecular weight excluding hydrogens is 268 g/mol. The van der Waals surface area contributed by atoms with Crippen LogP contribution in [0.3, 0.4) is 0 Å². The van der Waals surface area contributed by atoms with Gasteiger partial charge in [-0.3, -0.25) is 4.79 Å². The van der Waals surface area contributed by atoms with Crippen LogP contribution < -0.4 is 0 Å². The molecule has 22 heavy (non-hydrogen) atoms. The lowest BCUT2D eigenvalue weighted by Crippen LogP contribution is -2.00. The quantitative estimate of drug-likeness (QED) is 0.605. The molecule has 0 aliphatic carbocycles. The molecule has 0 unspecified atom stereocenters. The summed E-state index contributed by atoms with van der Waals surface area (Å²) >= 11 is 0. The van der Waals surface area contributed by atoms with Crippen LogP contribution >= 0.6 is 0 Å². The second kappa shape index (κ2) is 5.98. The van der Waals surface area contributed by atoms with Gasteiger partial charge in [-0.15, -0.1) is 0 Å². The van der Waals surface area contributed by atoms with E-state index in [-0.39, 0.29) is 5.78 Å². The van der Waals surface area contributed by atoms with Crippen molar-refractivity contribution in [2.75, 3.05) is 0 Å². The number of hydrogen-bond acceptors (Lipinski definition) is 1. The summed E-state index contributed by atoms with van der Waals surface area (Å²) in [6.07, 6.45) is 0. The molecule has 1 nitrogen and oxygen atoms in total. The minimum atomic E-state index is 0.0623. The Kier molecular flexibility index (Phi) is 3.88. The van der Waals surface area contributed by atoms with E-state index in [4.69, 9.17) is 0 Å². The molecule has 0 heterocycles. The molecule has 3 rings (SSSR count). The fraction of sp³-hybridized carbons (Fsp3) is 0.0952. The number of ketones is 1. The van der Waals surface area contributed by atoms with E-state index in [1.807, 2.05) is 54.6 Å². The molecule has 0 atom stereocenters. The third-order valence-corrected chi connectivity index (χ3v) is 4.02. The maximum absolute atomic E-state index is 12.4. The summed E-state index contributed by atoms with van der Waals surface area (Å²) in [5, 5.41) is 0. The van der Waals surface area contributed by atoms with Gasteiger partial charge in [0.2, 0.25) is 0 Å². The molecule has 0 fully saturated rings. The molecule has 0 spiro atoms. The van der Waals surface area contributed by atoms with E-state index in [1.165, 1.54) is 16.7 Å². The summed E-state index contributed by atoms with van der Waals surface area (Å²) in [7, 11) is 0. The van der Waals surface area contributed by atoms with Gasteiger partial charge in [0.05, 0.1) is 0 Å². The van der Waals surface area contributed by atoms with Crippen molar-refractivity contribution in [1.82, 2.24) is 0 Å². The molecule has 108 valence electrons. The SMILES string of the molecule is Cc1ccc(-c2ccc(C(=O)c3ccccc3)cc2)cc1C. The normalized spacial score (nSPS) is 10.5. The van der Waals surface area contributed by atoms with Crippen LogP contribution in [0.1, 0.15) is 27.0 Å². The predicted octanol–water partition coefficient (Wildman–Crippen LogP) is 5.20. The second-order valence-corrected chi connectivity index (χ2v) is 5.57. The third-order valence-electron chi connectivity index (χ3n) is 4.02. The molecule has 0 amide bonds. The molecule has 0 aromatic heterocycles. The average Bonchev–Trinajstić information content (AvgIpc) is 2.58. The van der Waals surface area contributed by atoms with Crippen molar-refractivity contribution < 1.29 is 4.79 Å². The van der Waals surface area contributed by atoms with Crippen LogP contribution in [0.15, 0.2) is 72.8 Å². The minimum absolute atomic E-state index is 0.0623. The van der Waals surface area contributed by atoms with Gasteiger partial charge in [-0.05, 0) is 36.1 Å². The van der Waals surface area contributed by atoms with Gasteiger partial charge in [-0.25, -0.2) is 0 Å². The number of rotatable bonds is 3. The van der Waals surface area contributed by atoms with E-state index >= 15 is 0 Å². The molecule has 0 aliphatic rings. The Morgan fingerprint density at radius 3 is 1.86 bits per heavy atom. The minimum Gasteiger partial charge on any atom is -0.289 e. The largest absolute Gasteiger partial charge is 0.289 e. The highest BCUT2D eigenvalue weighted by Gasteiger charge is 2.08. The molecule has 3 aromatic carbocycles. The standard InChI is InChI=1S/C21H18O/c1-15-8-9-20(14-16(15)2)17-10-12-19(13-11-17)21(22)18-6-4-3-5-7-18/h3-14H,1-2H3. The topological polar surface area (TPSA) is 17.1 Å². The summed E-state index contributed by atoms with van der Waals surface area (Å²) in [5.41, 5.74) is 6.33. The molecule has 0 saturated carbocycles. The zero-order valence-electron chi connectivity index (χ0n) is 12.8. The highest BCUT2D eigenvalue weighted by molar-refractivity contribution is 6.09. The van der Waals surface area contributed by atoms with E-state index in [0.717, 1.165) is 16.7 Å². The fourth-order valence-corrected chi connectivity index (χ4v) is 2.49. The van der Waals surface area contributed by atoms with Crippen molar-refractivity contribution in [3.8, 4) is 11.1 Å². The van der Waals surface area contributed by atoms with Crippen molar-refractivity contribution in [3.63, 3.8) is 0 Å². The summed E-state index contributed by atoms with van der Waals surface area (Å²) in [5.74, 6) is 0.0623. The van der Waals surface area contributed by atoms with Crippen LogP contribution in [-0.4, -0.2) is 5.78 Å². The Morgan fingerprint density at radius 1 is 0.636 bits per heavy atom. The Morgan fingerprint density at radius 2 is 1.23 bits per heavy atom. The first kappa shape index (κ1) is 14.3. The van der Waals surface area contributed by atoms with Crippen molar-refractivity contribution in [3.05, 3.63) is 95.1 Å². The number of carbonyl (C=O) groups excluding carboxylic acids is 1. The third kappa shape index (κ3) is 2.84. The van der Waals surface area contributed by atoms with Crippen LogP contribution in [0, 0.1) is 13.8 Å². The van der Waals surface area contributed by atoms with Gasteiger partial charge < -0.3 is 0 Å². The maximum atomic E-state index is 12.4. The molecule has 3 aromatic rings. The summed E-state index contributed by atoms with van der Waals surface area (Å²) in [6.45, 7) is 4.23. The van der Waals surface area contributed by atoms with Crippen LogP contribution in [0.25, 0.3) is 11.1 Å². The maximum Gasteiger partial charge on any atom is 0.193 e. The first-order valence-electron chi connectivity index (χ1n) is 7.42. The first-order chi connectivity index (χ1) is 10.6. The second-order valence-electron chi connectivity index (χ2n) is 5.57. The van der Waals surface area contributed by atoms with Crippen molar-refractivity contribution in [2.45, 2.75) is 13.8 Å². The monoisotopic (exact) mass is 286 g/mol. The molecular formula is C21H18O. The highest BCUT2D eigenvalue weighted by Crippen LogP contribution is 2.23. The molecule has 0 radical (unpaired) electrons. The molecule has 1 heteroatoms. The molecule has 0 bridgehead atoms.